The molecule has 0 saturated carbocycles. The quantitative estimate of drug-likeness (QED) is 0.407. The Bertz CT molecular complexity index is 1340. The Labute approximate surface area is 183 Å². The summed E-state index contributed by atoms with van der Waals surface area (Å²) in [4.78, 5) is 13.3. The van der Waals surface area contributed by atoms with Crippen molar-refractivity contribution in [3.05, 3.63) is 94.3 Å². The van der Waals surface area contributed by atoms with Crippen LogP contribution in [0.3, 0.4) is 0 Å². The van der Waals surface area contributed by atoms with Gasteiger partial charge in [0.25, 0.3) is 0 Å². The molecular formula is C23H19F3N2O3S. The van der Waals surface area contributed by atoms with E-state index in [-0.39, 0.29) is 24.3 Å². The molecule has 0 aliphatic rings. The van der Waals surface area contributed by atoms with Crippen molar-refractivity contribution < 1.29 is 22.3 Å². The number of rotatable bonds is 6. The summed E-state index contributed by atoms with van der Waals surface area (Å²) in [5.74, 6) is 0.425. The molecule has 0 bridgehead atoms. The number of halogens is 3. The number of nitrogens with one attached hydrogen (secondary N) is 1. The molecule has 1 unspecified atom stereocenters. The number of nitrogens with zero attached hydrogens (tertiary/aromatic N) is 1. The third-order valence-electron chi connectivity index (χ3n) is 4.89. The van der Waals surface area contributed by atoms with E-state index in [0.29, 0.717) is 16.5 Å². The zero-order valence-corrected chi connectivity index (χ0v) is 17.8. The van der Waals surface area contributed by atoms with Crippen molar-refractivity contribution in [2.75, 3.05) is 6.26 Å². The topological polar surface area (TPSA) is 68.2 Å². The van der Waals surface area contributed by atoms with Gasteiger partial charge in [-0.05, 0) is 46.9 Å². The minimum Gasteiger partial charge on any atom is -0.482 e. The van der Waals surface area contributed by atoms with Crippen LogP contribution in [0, 0.1) is 4.78 Å². The molecule has 2 heterocycles. The van der Waals surface area contributed by atoms with Gasteiger partial charge in [0, 0.05) is 23.4 Å². The number of alkyl halides is 3. The molecule has 1 atom stereocenters. The van der Waals surface area contributed by atoms with Gasteiger partial charge >= 0.3 is 6.18 Å². The number of hydrogen-bond donors (Lipinski definition) is 1. The van der Waals surface area contributed by atoms with Crippen LogP contribution in [0.4, 0.5) is 13.2 Å². The molecule has 166 valence electrons. The fraction of sp³-hybridized carbons (Fsp3) is 0.174. The predicted octanol–water partition coefficient (Wildman–Crippen LogP) is 5.61. The van der Waals surface area contributed by atoms with Crippen molar-refractivity contribution in [3.63, 3.8) is 0 Å². The molecule has 1 N–H and O–H groups in total. The van der Waals surface area contributed by atoms with Crippen LogP contribution in [0.25, 0.3) is 10.8 Å². The van der Waals surface area contributed by atoms with Gasteiger partial charge in [0.05, 0.1) is 12.1 Å². The van der Waals surface area contributed by atoms with Crippen molar-refractivity contribution in [2.24, 2.45) is 0 Å². The molecule has 5 nitrogen and oxygen atoms in total. The van der Waals surface area contributed by atoms with E-state index in [9.17, 15) is 18.0 Å². The van der Waals surface area contributed by atoms with Crippen molar-refractivity contribution in [1.82, 2.24) is 4.57 Å². The van der Waals surface area contributed by atoms with Crippen LogP contribution in [-0.4, -0.2) is 10.8 Å². The first-order chi connectivity index (χ1) is 15.2. The highest BCUT2D eigenvalue weighted by Crippen LogP contribution is 2.31. The monoisotopic (exact) mass is 460 g/mol. The van der Waals surface area contributed by atoms with Crippen LogP contribution in [-0.2, 0) is 30.0 Å². The molecule has 0 saturated heterocycles. The Morgan fingerprint density at radius 2 is 1.78 bits per heavy atom. The second-order valence-electron chi connectivity index (χ2n) is 7.29. The van der Waals surface area contributed by atoms with Crippen molar-refractivity contribution in [1.29, 1.82) is 4.78 Å². The van der Waals surface area contributed by atoms with E-state index in [1.165, 1.54) is 18.4 Å². The van der Waals surface area contributed by atoms with Crippen LogP contribution < -0.4 is 10.2 Å². The average molecular weight is 460 g/mol. The third kappa shape index (κ3) is 4.94. The maximum absolute atomic E-state index is 12.9. The minimum atomic E-state index is -4.40. The van der Waals surface area contributed by atoms with Gasteiger partial charge in [0.2, 0.25) is 11.2 Å². The average Bonchev–Trinajstić information content (AvgIpc) is 3.14. The molecule has 0 radical (unpaired) electrons. The van der Waals surface area contributed by atoms with Crippen LogP contribution in [0.5, 0.6) is 5.75 Å². The van der Waals surface area contributed by atoms with Crippen LogP contribution in [0.1, 0.15) is 16.9 Å². The summed E-state index contributed by atoms with van der Waals surface area (Å²) in [6, 6.07) is 12.3. The van der Waals surface area contributed by atoms with E-state index in [1.54, 1.807) is 17.0 Å². The summed E-state index contributed by atoms with van der Waals surface area (Å²) >= 11 is 0. The number of benzene rings is 2. The van der Waals surface area contributed by atoms with Gasteiger partial charge in [-0.2, -0.15) is 13.2 Å². The molecular weight excluding hydrogens is 441 g/mol. The van der Waals surface area contributed by atoms with E-state index < -0.39 is 22.4 Å². The van der Waals surface area contributed by atoms with Crippen LogP contribution in [0.15, 0.2) is 81.3 Å². The molecule has 0 aliphatic heterocycles. The van der Waals surface area contributed by atoms with E-state index in [4.69, 9.17) is 13.9 Å². The summed E-state index contributed by atoms with van der Waals surface area (Å²) in [5.41, 5.74) is -0.194. The summed E-state index contributed by atoms with van der Waals surface area (Å²) in [7, 11) is -0.569. The molecule has 0 amide bonds. The lowest BCUT2D eigenvalue weighted by Crippen LogP contribution is -2.09. The Morgan fingerprint density at radius 3 is 2.44 bits per heavy atom. The standard InChI is InChI=1S/C23H19F3N2O3S/c1-32(27)20-6-2-15(3-7-20)13-31-22-14-30-19(9-21(22)29)12-28-10-16-4-5-18(23(24,25)26)8-17(16)11-28/h2-11,14,27H,12-13H2,1H3. The molecule has 2 aromatic carbocycles. The summed E-state index contributed by atoms with van der Waals surface area (Å²) in [6.07, 6.45) is 1.93. The minimum absolute atomic E-state index is 0.0704. The lowest BCUT2D eigenvalue weighted by Gasteiger charge is -2.07. The van der Waals surface area contributed by atoms with Gasteiger partial charge in [0.1, 0.15) is 18.6 Å². The van der Waals surface area contributed by atoms with Crippen molar-refractivity contribution in [2.45, 2.75) is 24.2 Å². The fourth-order valence-corrected chi connectivity index (χ4v) is 3.77. The van der Waals surface area contributed by atoms with Gasteiger partial charge in [-0.15, -0.1) is 0 Å². The summed E-state index contributed by atoms with van der Waals surface area (Å²) in [6.45, 7) is 0.378. The SMILES string of the molecule is CS(=N)c1ccc(COc2coc(Cn3cc4ccc(C(F)(F)F)cc4c3)cc2=O)cc1. The lowest BCUT2D eigenvalue weighted by molar-refractivity contribution is -0.137. The maximum Gasteiger partial charge on any atom is 0.416 e. The lowest BCUT2D eigenvalue weighted by atomic mass is 10.1. The Kier molecular flexibility index (Phi) is 5.92. The third-order valence-corrected chi connectivity index (χ3v) is 5.87. The molecule has 4 aromatic rings. The first kappa shape index (κ1) is 21.9. The van der Waals surface area contributed by atoms with E-state index in [0.717, 1.165) is 22.6 Å². The highest BCUT2D eigenvalue weighted by Gasteiger charge is 2.30. The first-order valence-electron chi connectivity index (χ1n) is 9.56. The molecule has 2 aromatic heterocycles. The predicted molar refractivity (Wildman–Crippen MR) is 116 cm³/mol. The van der Waals surface area contributed by atoms with E-state index in [2.05, 4.69) is 0 Å². The zero-order valence-electron chi connectivity index (χ0n) is 17.0. The Balaban J connectivity index is 1.45. The van der Waals surface area contributed by atoms with Gasteiger partial charge in [-0.25, -0.2) is 0 Å². The second-order valence-corrected chi connectivity index (χ2v) is 8.78. The highest BCUT2D eigenvalue weighted by molar-refractivity contribution is 7.85. The highest BCUT2D eigenvalue weighted by atomic mass is 32.2. The van der Waals surface area contributed by atoms with Crippen LogP contribution >= 0.6 is 0 Å². The van der Waals surface area contributed by atoms with Gasteiger partial charge in [0.15, 0.2) is 0 Å². The zero-order chi connectivity index (χ0) is 22.9. The number of fused-ring (bicyclic) bond motifs is 1. The first-order valence-corrected chi connectivity index (χ1v) is 11.2. The van der Waals surface area contributed by atoms with Gasteiger partial charge < -0.3 is 13.7 Å². The smallest absolute Gasteiger partial charge is 0.416 e. The molecule has 9 heteroatoms. The summed E-state index contributed by atoms with van der Waals surface area (Å²) < 4.78 is 59.1. The van der Waals surface area contributed by atoms with Crippen LogP contribution in [0.2, 0.25) is 0 Å². The normalized spacial score (nSPS) is 12.8. The van der Waals surface area contributed by atoms with Crippen molar-refractivity contribution in [3.8, 4) is 5.75 Å². The number of aromatic nitrogens is 1. The van der Waals surface area contributed by atoms with E-state index >= 15 is 0 Å². The molecule has 32 heavy (non-hydrogen) atoms. The molecule has 0 spiro atoms. The summed E-state index contributed by atoms with van der Waals surface area (Å²) in [5, 5.41) is 1.11. The molecule has 0 aliphatic carbocycles. The van der Waals surface area contributed by atoms with Gasteiger partial charge in [-0.3, -0.25) is 9.57 Å². The fourth-order valence-electron chi connectivity index (χ4n) is 3.22. The number of ether oxygens (including phenoxy) is 1. The van der Waals surface area contributed by atoms with Gasteiger partial charge in [-0.1, -0.05) is 28.9 Å². The Morgan fingerprint density at radius 1 is 1.06 bits per heavy atom. The largest absolute Gasteiger partial charge is 0.482 e. The maximum atomic E-state index is 12.9. The number of hydrogen-bond acceptors (Lipinski definition) is 4. The molecule has 0 fully saturated rings. The second kappa shape index (κ2) is 8.66. The van der Waals surface area contributed by atoms with Crippen molar-refractivity contribution >= 4 is 21.5 Å². The Hall–Kier alpha value is -3.33. The molecule has 4 rings (SSSR count). The van der Waals surface area contributed by atoms with E-state index in [1.807, 2.05) is 30.5 Å².